The lowest BCUT2D eigenvalue weighted by atomic mass is 9.66. The molecule has 1 nitrogen and oxygen atoms in total. The van der Waals surface area contributed by atoms with Crippen molar-refractivity contribution in [3.63, 3.8) is 0 Å². The number of alkyl halides is 1. The lowest BCUT2D eigenvalue weighted by Gasteiger charge is -2.42. The first-order valence-electron chi connectivity index (χ1n) is 6.66. The van der Waals surface area contributed by atoms with Gasteiger partial charge in [-0.2, -0.15) is 0 Å². The topological polar surface area (TPSA) is 12.9 Å². The molecule has 18 heavy (non-hydrogen) atoms. The van der Waals surface area contributed by atoms with Crippen LogP contribution in [0.3, 0.4) is 0 Å². The molecule has 1 saturated carbocycles. The number of aromatic nitrogens is 1. The van der Waals surface area contributed by atoms with Gasteiger partial charge in [-0.3, -0.25) is 4.98 Å². The van der Waals surface area contributed by atoms with Gasteiger partial charge in [0.2, 0.25) is 0 Å². The highest BCUT2D eigenvalue weighted by molar-refractivity contribution is 6.20. The first-order chi connectivity index (χ1) is 8.41. The van der Waals surface area contributed by atoms with Crippen molar-refractivity contribution >= 4 is 11.6 Å². The van der Waals surface area contributed by atoms with Crippen LogP contribution >= 0.6 is 11.6 Å². The Balaban J connectivity index is 2.25. The second-order valence-corrected chi connectivity index (χ2v) is 6.71. The molecule has 0 radical (unpaired) electrons. The van der Waals surface area contributed by atoms with Crippen LogP contribution in [-0.4, -0.2) is 10.4 Å². The highest BCUT2D eigenvalue weighted by Gasteiger charge is 2.39. The lowest BCUT2D eigenvalue weighted by molar-refractivity contribution is 0.207. The molecular weight excluding hydrogens is 249 g/mol. The molecule has 3 heteroatoms. The Morgan fingerprint density at radius 2 is 2.06 bits per heavy atom. The van der Waals surface area contributed by atoms with Crippen LogP contribution in [0.25, 0.3) is 0 Å². The van der Waals surface area contributed by atoms with Crippen molar-refractivity contribution in [1.29, 1.82) is 0 Å². The predicted octanol–water partition coefficient (Wildman–Crippen LogP) is 4.54. The van der Waals surface area contributed by atoms with Gasteiger partial charge in [-0.25, -0.2) is 4.39 Å². The van der Waals surface area contributed by atoms with E-state index in [1.807, 2.05) is 0 Å². The van der Waals surface area contributed by atoms with Crippen LogP contribution in [0.1, 0.15) is 45.6 Å². The van der Waals surface area contributed by atoms with E-state index >= 15 is 0 Å². The molecule has 2 rings (SSSR count). The molecule has 100 valence electrons. The van der Waals surface area contributed by atoms with Gasteiger partial charge >= 0.3 is 0 Å². The normalized spacial score (nSPS) is 29.3. The van der Waals surface area contributed by atoms with E-state index in [0.717, 1.165) is 18.4 Å². The summed E-state index contributed by atoms with van der Waals surface area (Å²) in [4.78, 5) is 3.97. The average molecular weight is 270 g/mol. The van der Waals surface area contributed by atoms with Crippen LogP contribution in [0.5, 0.6) is 0 Å². The third-order valence-electron chi connectivity index (χ3n) is 4.41. The Morgan fingerprint density at radius 1 is 1.33 bits per heavy atom. The molecule has 3 unspecified atom stereocenters. The van der Waals surface area contributed by atoms with Gasteiger partial charge in [0, 0.05) is 11.6 Å². The fraction of sp³-hybridized carbons (Fsp3) is 0.667. The van der Waals surface area contributed by atoms with E-state index < -0.39 is 0 Å². The molecule has 1 heterocycles. The smallest absolute Gasteiger partial charge is 0.141 e. The second kappa shape index (κ2) is 5.16. The molecular formula is C15H21ClFN. The van der Waals surface area contributed by atoms with E-state index in [9.17, 15) is 4.39 Å². The van der Waals surface area contributed by atoms with Crippen molar-refractivity contribution < 1.29 is 4.39 Å². The van der Waals surface area contributed by atoms with E-state index in [2.05, 4.69) is 25.8 Å². The van der Waals surface area contributed by atoms with Crippen molar-refractivity contribution in [2.75, 3.05) is 0 Å². The summed E-state index contributed by atoms with van der Waals surface area (Å²) in [5.74, 6) is 0.819. The Kier molecular flexibility index (Phi) is 3.96. The maximum Gasteiger partial charge on any atom is 0.141 e. The molecule has 3 atom stereocenters. The maximum atomic E-state index is 13.3. The molecule has 0 bridgehead atoms. The molecule has 1 fully saturated rings. The number of hydrogen-bond donors (Lipinski definition) is 0. The summed E-state index contributed by atoms with van der Waals surface area (Å²) in [7, 11) is 0. The number of rotatable bonds is 2. The van der Waals surface area contributed by atoms with Crippen molar-refractivity contribution in [3.05, 3.63) is 29.8 Å². The van der Waals surface area contributed by atoms with Crippen LogP contribution in [0.2, 0.25) is 0 Å². The zero-order chi connectivity index (χ0) is 13.3. The van der Waals surface area contributed by atoms with Gasteiger partial charge in [-0.1, -0.05) is 27.2 Å². The molecule has 0 aromatic carbocycles. The highest BCUT2D eigenvalue weighted by atomic mass is 35.5. The molecule has 0 spiro atoms. The van der Waals surface area contributed by atoms with Crippen molar-refractivity contribution in [1.82, 2.24) is 4.98 Å². The summed E-state index contributed by atoms with van der Waals surface area (Å²) in [5, 5.41) is 0.173. The van der Waals surface area contributed by atoms with Crippen molar-refractivity contribution in [3.8, 4) is 0 Å². The minimum atomic E-state index is -0.268. The quantitative estimate of drug-likeness (QED) is 0.718. The summed E-state index contributed by atoms with van der Waals surface area (Å²) in [5.41, 5.74) is 0.828. The summed E-state index contributed by atoms with van der Waals surface area (Å²) < 4.78 is 13.3. The van der Waals surface area contributed by atoms with Gasteiger partial charge in [0.25, 0.3) is 0 Å². The number of pyridine rings is 1. The minimum Gasteiger partial charge on any atom is -0.261 e. The van der Waals surface area contributed by atoms with Crippen molar-refractivity contribution in [2.45, 2.75) is 50.8 Å². The molecule has 0 amide bonds. The molecule has 0 saturated heterocycles. The standard InChI is InChI=1S/C15H21ClFN/c1-10-4-5-13(14(16)6-10)15(2,3)11-7-12(17)9-18-8-11/h7-10,13-14H,4-6H2,1-3H3. The molecule has 1 aromatic heterocycles. The van der Waals surface area contributed by atoms with Gasteiger partial charge in [0.05, 0.1) is 6.20 Å². The molecule has 1 aliphatic rings. The van der Waals surface area contributed by atoms with Crippen molar-refractivity contribution in [2.24, 2.45) is 11.8 Å². The van der Waals surface area contributed by atoms with Gasteiger partial charge in [0.15, 0.2) is 0 Å². The number of nitrogens with zero attached hydrogens (tertiary/aromatic N) is 1. The van der Waals surface area contributed by atoms with Gasteiger partial charge in [-0.15, -0.1) is 11.6 Å². The Labute approximate surface area is 114 Å². The summed E-state index contributed by atoms with van der Waals surface area (Å²) in [6, 6.07) is 1.59. The first kappa shape index (κ1) is 13.8. The fourth-order valence-corrected chi connectivity index (χ4v) is 3.85. The van der Waals surface area contributed by atoms with Crippen LogP contribution < -0.4 is 0 Å². The van der Waals surface area contributed by atoms with Gasteiger partial charge in [-0.05, 0) is 41.7 Å². The zero-order valence-corrected chi connectivity index (χ0v) is 12.0. The van der Waals surface area contributed by atoms with Crippen LogP contribution in [0.15, 0.2) is 18.5 Å². The fourth-order valence-electron chi connectivity index (χ4n) is 3.10. The van der Waals surface area contributed by atoms with E-state index in [1.54, 1.807) is 12.3 Å². The molecule has 0 aliphatic heterocycles. The Hall–Kier alpha value is -0.630. The number of halogens is 2. The molecule has 1 aromatic rings. The van der Waals surface area contributed by atoms with E-state index in [0.29, 0.717) is 11.8 Å². The van der Waals surface area contributed by atoms with Crippen LogP contribution in [0.4, 0.5) is 4.39 Å². The van der Waals surface area contributed by atoms with E-state index in [1.165, 1.54) is 12.6 Å². The van der Waals surface area contributed by atoms with Crippen LogP contribution in [0, 0.1) is 17.7 Å². The predicted molar refractivity (Wildman–Crippen MR) is 73.4 cm³/mol. The highest BCUT2D eigenvalue weighted by Crippen LogP contribution is 2.44. The third kappa shape index (κ3) is 2.69. The SMILES string of the molecule is CC1CCC(C(C)(C)c2cncc(F)c2)C(Cl)C1. The molecule has 0 N–H and O–H groups in total. The molecule has 1 aliphatic carbocycles. The van der Waals surface area contributed by atoms with E-state index in [-0.39, 0.29) is 16.6 Å². The largest absolute Gasteiger partial charge is 0.261 e. The second-order valence-electron chi connectivity index (χ2n) is 6.15. The first-order valence-corrected chi connectivity index (χ1v) is 7.10. The average Bonchev–Trinajstić information content (AvgIpc) is 2.28. The third-order valence-corrected chi connectivity index (χ3v) is 4.89. The maximum absolute atomic E-state index is 13.3. The zero-order valence-electron chi connectivity index (χ0n) is 11.3. The summed E-state index contributed by atoms with van der Waals surface area (Å²) >= 11 is 6.54. The van der Waals surface area contributed by atoms with Gasteiger partial charge in [0.1, 0.15) is 5.82 Å². The number of hydrogen-bond acceptors (Lipinski definition) is 1. The summed E-state index contributed by atoms with van der Waals surface area (Å²) in [6.45, 7) is 6.56. The minimum absolute atomic E-state index is 0.123. The Morgan fingerprint density at radius 3 is 2.67 bits per heavy atom. The van der Waals surface area contributed by atoms with Crippen LogP contribution in [-0.2, 0) is 5.41 Å². The van der Waals surface area contributed by atoms with Gasteiger partial charge < -0.3 is 0 Å². The Bertz CT molecular complexity index is 419. The monoisotopic (exact) mass is 269 g/mol. The lowest BCUT2D eigenvalue weighted by Crippen LogP contribution is -2.39. The summed E-state index contributed by atoms with van der Waals surface area (Å²) in [6.07, 6.45) is 6.39. The van der Waals surface area contributed by atoms with E-state index in [4.69, 9.17) is 11.6 Å².